The van der Waals surface area contributed by atoms with E-state index in [1.54, 1.807) is 0 Å². The Morgan fingerprint density at radius 3 is 1.88 bits per heavy atom. The van der Waals surface area contributed by atoms with Crippen molar-refractivity contribution in [3.05, 3.63) is 164 Å². The molecule has 0 aliphatic rings. The van der Waals surface area contributed by atoms with Gasteiger partial charge in [-0.1, -0.05) is 153 Å². The molecule has 3 aromatic heterocycles. The van der Waals surface area contributed by atoms with E-state index >= 15 is 0 Å². The topological polar surface area (TPSA) is 43.9 Å². The quantitative estimate of drug-likeness (QED) is 0.176. The van der Waals surface area contributed by atoms with E-state index in [1.165, 1.54) is 10.8 Å². The van der Waals surface area contributed by atoms with Gasteiger partial charge in [-0.2, -0.15) is 0 Å². The zero-order chi connectivity index (χ0) is 34.8. The lowest BCUT2D eigenvalue weighted by molar-refractivity contribution is 0.669. The predicted octanol–water partition coefficient (Wildman–Crippen LogP) is 13.3. The Morgan fingerprint density at radius 2 is 1.06 bits per heavy atom. The van der Waals surface area contributed by atoms with Crippen molar-refractivity contribution in [3.8, 4) is 28.3 Å². The van der Waals surface area contributed by atoms with Gasteiger partial charge in [0.15, 0.2) is 0 Å². The number of hydrogen-bond acceptors (Lipinski definition) is 3. The molecule has 0 amide bonds. The number of rotatable bonds is 3. The molecular weight excluding hydrogens is 635 g/mol. The molecule has 0 aliphatic heterocycles. The fraction of sp³-hybridized carbons (Fsp3) is 0.0417. The van der Waals surface area contributed by atoms with Gasteiger partial charge >= 0.3 is 0 Å². The number of para-hydroxylation sites is 2. The van der Waals surface area contributed by atoms with Gasteiger partial charge in [0.05, 0.1) is 22.2 Å². The molecular formula is C48H33N3O. The molecule has 0 atom stereocenters. The molecule has 4 heteroatoms. The highest BCUT2D eigenvalue weighted by atomic mass is 16.3. The minimum Gasteiger partial charge on any atom is -0.456 e. The molecule has 3 heterocycles. The maximum absolute atomic E-state index is 6.23. The van der Waals surface area contributed by atoms with Crippen molar-refractivity contribution in [2.45, 2.75) is 13.8 Å². The van der Waals surface area contributed by atoms with Gasteiger partial charge in [0.1, 0.15) is 11.2 Å². The first kappa shape index (κ1) is 30.1. The lowest BCUT2D eigenvalue weighted by Crippen LogP contribution is -2.05. The third-order valence-electron chi connectivity index (χ3n) is 10.2. The first-order valence-corrected chi connectivity index (χ1v) is 17.9. The van der Waals surface area contributed by atoms with Gasteiger partial charge in [-0.05, 0) is 40.6 Å². The molecule has 0 aliphatic carbocycles. The van der Waals surface area contributed by atoms with E-state index < -0.39 is 0 Å². The monoisotopic (exact) mass is 667 g/mol. The lowest BCUT2D eigenvalue weighted by atomic mass is 9.99. The molecule has 11 rings (SSSR count). The molecule has 0 radical (unpaired) electrons. The van der Waals surface area contributed by atoms with Crippen molar-refractivity contribution in [3.63, 3.8) is 0 Å². The van der Waals surface area contributed by atoms with Crippen molar-refractivity contribution in [1.29, 1.82) is 0 Å². The highest BCUT2D eigenvalue weighted by Gasteiger charge is 2.22. The van der Waals surface area contributed by atoms with E-state index in [1.807, 2.05) is 26.0 Å². The SMILES string of the molecule is CC.c1ccc(-c2nc(-n3c4c(-c5ccc6oc7ccccc7c6c5)cccc4c4ccc5ccccc5c43)nc3c2ccc2ccccc23)cc1. The van der Waals surface area contributed by atoms with Crippen molar-refractivity contribution in [2.75, 3.05) is 0 Å². The highest BCUT2D eigenvalue weighted by Crippen LogP contribution is 2.42. The number of benzene rings is 8. The van der Waals surface area contributed by atoms with Gasteiger partial charge in [-0.3, -0.25) is 4.57 Å². The summed E-state index contributed by atoms with van der Waals surface area (Å²) >= 11 is 0. The van der Waals surface area contributed by atoms with Gasteiger partial charge in [-0.25, -0.2) is 9.97 Å². The Hall–Kier alpha value is -6.78. The highest BCUT2D eigenvalue weighted by molar-refractivity contribution is 6.21. The molecule has 11 aromatic rings. The Balaban J connectivity index is 0.00000166. The number of nitrogens with zero attached hydrogens (tertiary/aromatic N) is 3. The number of furan rings is 1. The molecule has 8 aromatic carbocycles. The molecule has 0 saturated heterocycles. The summed E-state index contributed by atoms with van der Waals surface area (Å²) in [5, 5.41) is 10.1. The summed E-state index contributed by atoms with van der Waals surface area (Å²) in [7, 11) is 0. The maximum atomic E-state index is 6.23. The van der Waals surface area contributed by atoms with Gasteiger partial charge in [0, 0.05) is 48.8 Å². The Kier molecular flexibility index (Phi) is 6.90. The molecule has 52 heavy (non-hydrogen) atoms. The second kappa shape index (κ2) is 11.9. The largest absolute Gasteiger partial charge is 0.456 e. The number of hydrogen-bond donors (Lipinski definition) is 0. The zero-order valence-corrected chi connectivity index (χ0v) is 28.8. The molecule has 0 unspecified atom stereocenters. The van der Waals surface area contributed by atoms with Crippen LogP contribution in [-0.2, 0) is 0 Å². The van der Waals surface area contributed by atoms with Crippen LogP contribution in [0.15, 0.2) is 168 Å². The average Bonchev–Trinajstić information content (AvgIpc) is 3.77. The van der Waals surface area contributed by atoms with Gasteiger partial charge in [0.2, 0.25) is 5.95 Å². The van der Waals surface area contributed by atoms with Crippen LogP contribution in [0, 0.1) is 0 Å². The van der Waals surface area contributed by atoms with Crippen molar-refractivity contribution in [2.24, 2.45) is 0 Å². The van der Waals surface area contributed by atoms with E-state index in [2.05, 4.69) is 156 Å². The maximum Gasteiger partial charge on any atom is 0.235 e. The predicted molar refractivity (Wildman–Crippen MR) is 218 cm³/mol. The first-order valence-electron chi connectivity index (χ1n) is 17.9. The fourth-order valence-electron chi connectivity index (χ4n) is 7.92. The summed E-state index contributed by atoms with van der Waals surface area (Å²) in [5.74, 6) is 0.645. The van der Waals surface area contributed by atoms with Crippen molar-refractivity contribution >= 4 is 76.2 Å². The van der Waals surface area contributed by atoms with Gasteiger partial charge in [0.25, 0.3) is 0 Å². The van der Waals surface area contributed by atoms with Crippen LogP contribution in [0.5, 0.6) is 0 Å². The average molecular weight is 668 g/mol. The summed E-state index contributed by atoms with van der Waals surface area (Å²) in [6.45, 7) is 4.00. The Morgan fingerprint density at radius 1 is 0.423 bits per heavy atom. The van der Waals surface area contributed by atoms with Crippen LogP contribution in [0.2, 0.25) is 0 Å². The minimum absolute atomic E-state index is 0.645. The smallest absolute Gasteiger partial charge is 0.235 e. The van der Waals surface area contributed by atoms with E-state index in [9.17, 15) is 0 Å². The van der Waals surface area contributed by atoms with Crippen LogP contribution in [0.4, 0.5) is 0 Å². The summed E-state index contributed by atoms with van der Waals surface area (Å²) in [6, 6.07) is 57.8. The van der Waals surface area contributed by atoms with Crippen LogP contribution >= 0.6 is 0 Å². The molecule has 0 saturated carbocycles. The van der Waals surface area contributed by atoms with Gasteiger partial charge in [-0.15, -0.1) is 0 Å². The number of aromatic nitrogens is 3. The normalized spacial score (nSPS) is 11.7. The van der Waals surface area contributed by atoms with Crippen LogP contribution in [0.3, 0.4) is 0 Å². The summed E-state index contributed by atoms with van der Waals surface area (Å²) < 4.78 is 8.54. The summed E-state index contributed by atoms with van der Waals surface area (Å²) in [6.07, 6.45) is 0. The van der Waals surface area contributed by atoms with Crippen LogP contribution in [0.1, 0.15) is 13.8 Å². The first-order chi connectivity index (χ1) is 25.8. The molecule has 0 N–H and O–H groups in total. The van der Waals surface area contributed by atoms with Gasteiger partial charge < -0.3 is 4.42 Å². The molecule has 0 bridgehead atoms. The second-order valence-electron chi connectivity index (χ2n) is 13.0. The fourth-order valence-corrected chi connectivity index (χ4v) is 7.92. The molecule has 0 spiro atoms. The lowest BCUT2D eigenvalue weighted by Gasteiger charge is -2.15. The summed E-state index contributed by atoms with van der Waals surface area (Å²) in [4.78, 5) is 11.0. The Bertz CT molecular complexity index is 3150. The van der Waals surface area contributed by atoms with Crippen LogP contribution < -0.4 is 0 Å². The third kappa shape index (κ3) is 4.47. The van der Waals surface area contributed by atoms with E-state index in [4.69, 9.17) is 14.4 Å². The van der Waals surface area contributed by atoms with E-state index in [-0.39, 0.29) is 0 Å². The van der Waals surface area contributed by atoms with E-state index in [0.717, 1.165) is 87.8 Å². The van der Waals surface area contributed by atoms with Crippen LogP contribution in [0.25, 0.3) is 105 Å². The van der Waals surface area contributed by atoms with Crippen molar-refractivity contribution in [1.82, 2.24) is 14.5 Å². The van der Waals surface area contributed by atoms with E-state index in [0.29, 0.717) is 5.95 Å². The number of fused-ring (bicyclic) bond motifs is 11. The zero-order valence-electron chi connectivity index (χ0n) is 28.8. The van der Waals surface area contributed by atoms with Crippen LogP contribution in [-0.4, -0.2) is 14.5 Å². The standard InChI is InChI=1S/C46H27N3O.C2H6/c1-2-13-30(14-3-1)42-38-25-22-28-11-4-6-15-32(28)43(38)48-46(47-42)49-44-33-16-7-5-12-29(33)21-24-37(44)36-19-10-18-34(45(36)49)31-23-26-41-39(27-31)35-17-8-9-20-40(35)50-41;1-2/h1-27H;1-2H3. The second-order valence-corrected chi connectivity index (χ2v) is 13.0. The summed E-state index contributed by atoms with van der Waals surface area (Å²) in [5.41, 5.74) is 9.06. The minimum atomic E-state index is 0.645. The Labute approximate surface area is 300 Å². The third-order valence-corrected chi connectivity index (χ3v) is 10.2. The molecule has 246 valence electrons. The molecule has 4 nitrogen and oxygen atoms in total. The van der Waals surface area contributed by atoms with Crippen molar-refractivity contribution < 1.29 is 4.42 Å². The molecule has 0 fully saturated rings.